The summed E-state index contributed by atoms with van der Waals surface area (Å²) in [4.78, 5) is 23.7. The summed E-state index contributed by atoms with van der Waals surface area (Å²) < 4.78 is 0. The van der Waals surface area contributed by atoms with E-state index in [1.807, 2.05) is 6.07 Å². The van der Waals surface area contributed by atoms with E-state index < -0.39 is 11.4 Å². The molecule has 21 heavy (non-hydrogen) atoms. The van der Waals surface area contributed by atoms with Crippen molar-refractivity contribution < 1.29 is 14.7 Å². The van der Waals surface area contributed by atoms with Crippen LogP contribution in [0.25, 0.3) is 10.9 Å². The first-order valence-corrected chi connectivity index (χ1v) is 6.97. The standard InChI is InChI=1S/C15H19N3O3/c1-3-15(4-2,14(20)21)8-13(19)17-11-6-5-7-12-10(11)9-16-18-12/h5-7,9H,3-4,8H2,1-2H3,(H,16,18)(H,17,19)(H,20,21). The second kappa shape index (κ2) is 5.95. The lowest BCUT2D eigenvalue weighted by atomic mass is 9.79. The molecule has 112 valence electrons. The Hall–Kier alpha value is -2.37. The van der Waals surface area contributed by atoms with Crippen LogP contribution in [0.5, 0.6) is 0 Å². The zero-order valence-electron chi connectivity index (χ0n) is 12.1. The summed E-state index contributed by atoms with van der Waals surface area (Å²) in [7, 11) is 0. The van der Waals surface area contributed by atoms with Crippen LogP contribution in [0.4, 0.5) is 5.69 Å². The van der Waals surface area contributed by atoms with Crippen LogP contribution in [0.3, 0.4) is 0 Å². The van der Waals surface area contributed by atoms with E-state index in [9.17, 15) is 14.7 Å². The Balaban J connectivity index is 2.18. The van der Waals surface area contributed by atoms with Gasteiger partial charge in [0.05, 0.1) is 22.8 Å². The van der Waals surface area contributed by atoms with Crippen LogP contribution in [0.1, 0.15) is 33.1 Å². The second-order valence-electron chi connectivity index (χ2n) is 5.15. The Morgan fingerprint density at radius 2 is 2.05 bits per heavy atom. The molecule has 0 bridgehead atoms. The van der Waals surface area contributed by atoms with Gasteiger partial charge in [0.1, 0.15) is 0 Å². The highest BCUT2D eigenvalue weighted by Gasteiger charge is 2.37. The molecule has 6 nitrogen and oxygen atoms in total. The van der Waals surface area contributed by atoms with Gasteiger partial charge in [-0.25, -0.2) is 0 Å². The van der Waals surface area contributed by atoms with Crippen LogP contribution in [0.15, 0.2) is 24.4 Å². The predicted octanol–water partition coefficient (Wildman–Crippen LogP) is 2.78. The number of nitrogens with one attached hydrogen (secondary N) is 2. The first-order valence-electron chi connectivity index (χ1n) is 6.97. The molecule has 3 N–H and O–H groups in total. The molecule has 0 spiro atoms. The normalized spacial score (nSPS) is 11.5. The smallest absolute Gasteiger partial charge is 0.310 e. The first-order chi connectivity index (χ1) is 10.0. The van der Waals surface area contributed by atoms with E-state index in [0.29, 0.717) is 18.5 Å². The van der Waals surface area contributed by atoms with Gasteiger partial charge in [-0.3, -0.25) is 14.7 Å². The summed E-state index contributed by atoms with van der Waals surface area (Å²) in [5.74, 6) is -1.22. The Labute approximate surface area is 122 Å². The molecule has 0 unspecified atom stereocenters. The number of anilines is 1. The average molecular weight is 289 g/mol. The van der Waals surface area contributed by atoms with Crippen molar-refractivity contribution in [3.63, 3.8) is 0 Å². The van der Waals surface area contributed by atoms with E-state index in [2.05, 4.69) is 15.5 Å². The third kappa shape index (κ3) is 2.89. The number of aromatic nitrogens is 2. The summed E-state index contributed by atoms with van der Waals surface area (Å²) in [6.45, 7) is 3.59. The van der Waals surface area contributed by atoms with E-state index in [1.54, 1.807) is 32.2 Å². The molecule has 0 radical (unpaired) electrons. The fourth-order valence-corrected chi connectivity index (χ4v) is 2.46. The van der Waals surface area contributed by atoms with Gasteiger partial charge in [-0.15, -0.1) is 0 Å². The summed E-state index contributed by atoms with van der Waals surface area (Å²) >= 11 is 0. The molecule has 0 aliphatic carbocycles. The topological polar surface area (TPSA) is 95.1 Å². The highest BCUT2D eigenvalue weighted by Crippen LogP contribution is 2.32. The molecule has 0 saturated carbocycles. The molecule has 0 aliphatic heterocycles. The number of fused-ring (bicyclic) bond motifs is 1. The number of hydrogen-bond acceptors (Lipinski definition) is 3. The largest absolute Gasteiger partial charge is 0.481 e. The summed E-state index contributed by atoms with van der Waals surface area (Å²) in [6.07, 6.45) is 2.43. The van der Waals surface area contributed by atoms with Crippen molar-refractivity contribution in [1.82, 2.24) is 10.2 Å². The molecular formula is C15H19N3O3. The molecule has 2 aromatic rings. The summed E-state index contributed by atoms with van der Waals surface area (Å²) in [5.41, 5.74) is 0.454. The van der Waals surface area contributed by atoms with Crippen LogP contribution < -0.4 is 5.32 Å². The van der Waals surface area contributed by atoms with Gasteiger partial charge in [0.25, 0.3) is 0 Å². The third-order valence-corrected chi connectivity index (χ3v) is 4.07. The highest BCUT2D eigenvalue weighted by molar-refractivity contribution is 6.02. The number of hydrogen-bond donors (Lipinski definition) is 3. The van der Waals surface area contributed by atoms with Gasteiger partial charge in [0, 0.05) is 11.8 Å². The van der Waals surface area contributed by atoms with Crippen LogP contribution in [-0.4, -0.2) is 27.2 Å². The monoisotopic (exact) mass is 289 g/mol. The minimum absolute atomic E-state index is 0.0381. The molecule has 1 heterocycles. The molecule has 6 heteroatoms. The van der Waals surface area contributed by atoms with Crippen molar-refractivity contribution in [1.29, 1.82) is 0 Å². The number of carbonyl (C=O) groups is 2. The quantitative estimate of drug-likeness (QED) is 0.762. The Morgan fingerprint density at radius 1 is 1.33 bits per heavy atom. The third-order valence-electron chi connectivity index (χ3n) is 4.07. The van der Waals surface area contributed by atoms with Gasteiger partial charge in [-0.1, -0.05) is 19.9 Å². The Kier molecular flexibility index (Phi) is 4.26. The van der Waals surface area contributed by atoms with Gasteiger partial charge in [-0.2, -0.15) is 5.10 Å². The average Bonchev–Trinajstić information content (AvgIpc) is 2.94. The molecule has 1 amide bonds. The van der Waals surface area contributed by atoms with E-state index in [-0.39, 0.29) is 12.3 Å². The maximum atomic E-state index is 12.2. The number of aromatic amines is 1. The van der Waals surface area contributed by atoms with Crippen molar-refractivity contribution in [2.45, 2.75) is 33.1 Å². The molecule has 0 fully saturated rings. The molecular weight excluding hydrogens is 270 g/mol. The van der Waals surface area contributed by atoms with Crippen molar-refractivity contribution in [3.8, 4) is 0 Å². The maximum Gasteiger partial charge on any atom is 0.310 e. The Bertz CT molecular complexity index is 659. The van der Waals surface area contributed by atoms with E-state index in [1.165, 1.54) is 0 Å². The van der Waals surface area contributed by atoms with Crippen molar-refractivity contribution in [2.24, 2.45) is 5.41 Å². The first kappa shape index (κ1) is 15.0. The number of nitrogens with zero attached hydrogens (tertiary/aromatic N) is 1. The number of rotatable bonds is 6. The zero-order valence-corrected chi connectivity index (χ0v) is 12.1. The van der Waals surface area contributed by atoms with Crippen molar-refractivity contribution in [3.05, 3.63) is 24.4 Å². The lowest BCUT2D eigenvalue weighted by molar-refractivity contribution is -0.151. The van der Waals surface area contributed by atoms with E-state index in [4.69, 9.17) is 0 Å². The second-order valence-corrected chi connectivity index (χ2v) is 5.15. The number of aliphatic carboxylic acids is 1. The minimum atomic E-state index is -1.01. The van der Waals surface area contributed by atoms with Gasteiger partial charge in [-0.05, 0) is 25.0 Å². The molecule has 0 atom stereocenters. The Morgan fingerprint density at radius 3 is 2.67 bits per heavy atom. The van der Waals surface area contributed by atoms with Crippen LogP contribution in [0, 0.1) is 5.41 Å². The zero-order chi connectivity index (χ0) is 15.5. The SMILES string of the molecule is CCC(CC)(CC(=O)Nc1cccc2[nH]ncc12)C(=O)O. The summed E-state index contributed by atoms with van der Waals surface area (Å²) in [5, 5.41) is 19.7. The highest BCUT2D eigenvalue weighted by atomic mass is 16.4. The lowest BCUT2D eigenvalue weighted by Gasteiger charge is -2.25. The fourth-order valence-electron chi connectivity index (χ4n) is 2.46. The molecule has 0 saturated heterocycles. The minimum Gasteiger partial charge on any atom is -0.481 e. The van der Waals surface area contributed by atoms with Crippen LogP contribution in [-0.2, 0) is 9.59 Å². The van der Waals surface area contributed by atoms with Gasteiger partial charge >= 0.3 is 5.97 Å². The molecule has 1 aromatic carbocycles. The van der Waals surface area contributed by atoms with Crippen molar-refractivity contribution >= 4 is 28.5 Å². The van der Waals surface area contributed by atoms with Gasteiger partial charge in [0.15, 0.2) is 0 Å². The van der Waals surface area contributed by atoms with Gasteiger partial charge < -0.3 is 10.4 Å². The molecule has 0 aliphatic rings. The number of carbonyl (C=O) groups excluding carboxylic acids is 1. The maximum absolute atomic E-state index is 12.2. The predicted molar refractivity (Wildman–Crippen MR) is 80.0 cm³/mol. The molecule has 2 rings (SSSR count). The fraction of sp³-hybridized carbons (Fsp3) is 0.400. The number of amides is 1. The van der Waals surface area contributed by atoms with E-state index >= 15 is 0 Å². The van der Waals surface area contributed by atoms with Crippen LogP contribution in [0.2, 0.25) is 0 Å². The van der Waals surface area contributed by atoms with E-state index in [0.717, 1.165) is 10.9 Å². The molecule has 1 aromatic heterocycles. The number of H-pyrrole nitrogens is 1. The van der Waals surface area contributed by atoms with Crippen LogP contribution >= 0.6 is 0 Å². The lowest BCUT2D eigenvalue weighted by Crippen LogP contribution is -2.34. The number of carboxylic acids is 1. The van der Waals surface area contributed by atoms with Gasteiger partial charge in [0.2, 0.25) is 5.91 Å². The van der Waals surface area contributed by atoms with Crippen molar-refractivity contribution in [2.75, 3.05) is 5.32 Å². The number of benzene rings is 1. The summed E-state index contributed by atoms with van der Waals surface area (Å²) in [6, 6.07) is 5.44. The number of carboxylic acid groups (broad SMARTS) is 1.